The van der Waals surface area contributed by atoms with Crippen LogP contribution in [-0.2, 0) is 10.0 Å². The number of sulfonamides is 1. The van der Waals surface area contributed by atoms with Crippen LogP contribution in [0.25, 0.3) is 0 Å². The van der Waals surface area contributed by atoms with Crippen LogP contribution < -0.4 is 9.62 Å². The first kappa shape index (κ1) is 18.0. The number of aryl methyl sites for hydroxylation is 1. The maximum absolute atomic E-state index is 12.5. The van der Waals surface area contributed by atoms with E-state index in [-0.39, 0.29) is 4.90 Å². The van der Waals surface area contributed by atoms with Crippen molar-refractivity contribution in [2.24, 2.45) is 0 Å². The quantitative estimate of drug-likeness (QED) is 0.886. The van der Waals surface area contributed by atoms with Gasteiger partial charge in [0.05, 0.1) is 15.6 Å². The van der Waals surface area contributed by atoms with Crippen LogP contribution in [0.15, 0.2) is 47.4 Å². The average Bonchev–Trinajstić information content (AvgIpc) is 2.58. The highest BCUT2D eigenvalue weighted by molar-refractivity contribution is 7.92. The number of hydrogen-bond acceptors (Lipinski definition) is 4. The molecule has 0 radical (unpaired) electrons. The molecule has 7 heteroatoms. The Hall–Kier alpha value is -1.76. The molecule has 0 aliphatic carbocycles. The number of rotatable bonds is 4. The van der Waals surface area contributed by atoms with Crippen molar-refractivity contribution in [3.63, 3.8) is 0 Å². The molecule has 3 rings (SSSR count). The lowest BCUT2D eigenvalue weighted by atomic mass is 10.2. The highest BCUT2D eigenvalue weighted by atomic mass is 35.5. The molecular weight excluding hydrogens is 358 g/mol. The van der Waals surface area contributed by atoms with Crippen LogP contribution >= 0.6 is 11.6 Å². The molecule has 0 saturated carbocycles. The van der Waals surface area contributed by atoms with Crippen LogP contribution in [0.4, 0.5) is 11.4 Å². The number of hydrogen-bond donors (Lipinski definition) is 1. The summed E-state index contributed by atoms with van der Waals surface area (Å²) in [5.74, 6) is 0. The molecule has 0 spiro atoms. The van der Waals surface area contributed by atoms with E-state index in [0.717, 1.165) is 37.4 Å². The highest BCUT2D eigenvalue weighted by Gasteiger charge is 2.18. The smallest absolute Gasteiger partial charge is 0.261 e. The normalized spacial score (nSPS) is 16.0. The van der Waals surface area contributed by atoms with E-state index in [0.29, 0.717) is 10.7 Å². The summed E-state index contributed by atoms with van der Waals surface area (Å²) >= 11 is 6.33. The molecule has 1 saturated heterocycles. The van der Waals surface area contributed by atoms with Gasteiger partial charge in [-0.2, -0.15) is 0 Å². The molecule has 0 aromatic heterocycles. The number of anilines is 2. The van der Waals surface area contributed by atoms with Gasteiger partial charge >= 0.3 is 0 Å². The molecular formula is C18H22ClN3O2S. The van der Waals surface area contributed by atoms with Crippen LogP contribution in [0.3, 0.4) is 0 Å². The largest absolute Gasteiger partial charge is 0.369 e. The molecule has 25 heavy (non-hydrogen) atoms. The molecule has 0 unspecified atom stereocenters. The van der Waals surface area contributed by atoms with Gasteiger partial charge in [-0.15, -0.1) is 0 Å². The second kappa shape index (κ2) is 7.23. The maximum Gasteiger partial charge on any atom is 0.261 e. The number of benzene rings is 2. The monoisotopic (exact) mass is 379 g/mol. The van der Waals surface area contributed by atoms with Gasteiger partial charge in [-0.25, -0.2) is 8.42 Å². The van der Waals surface area contributed by atoms with Crippen molar-refractivity contribution in [1.82, 2.24) is 4.90 Å². The number of nitrogens with zero attached hydrogens (tertiary/aromatic N) is 2. The van der Waals surface area contributed by atoms with Crippen molar-refractivity contribution in [2.75, 3.05) is 42.8 Å². The van der Waals surface area contributed by atoms with Crippen LogP contribution in [0, 0.1) is 6.92 Å². The predicted molar refractivity (Wildman–Crippen MR) is 103 cm³/mol. The van der Waals surface area contributed by atoms with Gasteiger partial charge in [0.1, 0.15) is 0 Å². The van der Waals surface area contributed by atoms with Crippen LogP contribution in [0.1, 0.15) is 5.56 Å². The molecule has 1 fully saturated rings. The van der Waals surface area contributed by atoms with E-state index >= 15 is 0 Å². The Balaban J connectivity index is 1.78. The third-order valence-electron chi connectivity index (χ3n) is 4.40. The van der Waals surface area contributed by atoms with Gasteiger partial charge in [0, 0.05) is 31.9 Å². The number of piperazine rings is 1. The Kier molecular flexibility index (Phi) is 5.22. The summed E-state index contributed by atoms with van der Waals surface area (Å²) in [6, 6.07) is 12.2. The lowest BCUT2D eigenvalue weighted by Gasteiger charge is -2.34. The Bertz CT molecular complexity index is 845. The van der Waals surface area contributed by atoms with Gasteiger partial charge in [0.25, 0.3) is 10.0 Å². The van der Waals surface area contributed by atoms with Crippen molar-refractivity contribution in [2.45, 2.75) is 11.8 Å². The van der Waals surface area contributed by atoms with Crippen molar-refractivity contribution >= 4 is 33.0 Å². The maximum atomic E-state index is 12.5. The third kappa shape index (κ3) is 4.26. The fraction of sp³-hybridized carbons (Fsp3) is 0.333. The molecule has 2 aromatic carbocycles. The minimum absolute atomic E-state index is 0.220. The Morgan fingerprint density at radius 1 is 1.00 bits per heavy atom. The molecule has 1 N–H and O–H groups in total. The van der Waals surface area contributed by atoms with Gasteiger partial charge < -0.3 is 9.80 Å². The standard InChI is InChI=1S/C18H22ClN3O2S/c1-14-3-6-16(7-4-14)25(23,24)20-18-8-5-15(13-17(18)19)22-11-9-21(2)10-12-22/h3-8,13,20H,9-12H2,1-2H3. The molecule has 1 aliphatic heterocycles. The topological polar surface area (TPSA) is 52.7 Å². The van der Waals surface area contributed by atoms with E-state index in [4.69, 9.17) is 11.6 Å². The van der Waals surface area contributed by atoms with Gasteiger partial charge in [0.2, 0.25) is 0 Å². The third-order valence-corrected chi connectivity index (χ3v) is 6.09. The Morgan fingerprint density at radius 2 is 1.64 bits per heavy atom. The fourth-order valence-corrected chi connectivity index (χ4v) is 4.13. The summed E-state index contributed by atoms with van der Waals surface area (Å²) in [5, 5.41) is 0.395. The molecule has 1 heterocycles. The van der Waals surface area contributed by atoms with Crippen LogP contribution in [0.2, 0.25) is 5.02 Å². The van der Waals surface area contributed by atoms with E-state index in [1.807, 2.05) is 19.1 Å². The van der Waals surface area contributed by atoms with E-state index in [9.17, 15) is 8.42 Å². The minimum Gasteiger partial charge on any atom is -0.369 e. The zero-order valence-corrected chi connectivity index (χ0v) is 15.9. The number of likely N-dealkylation sites (N-methyl/N-ethyl adjacent to an activating group) is 1. The zero-order valence-electron chi connectivity index (χ0n) is 14.4. The van der Waals surface area contributed by atoms with Gasteiger partial charge in [-0.05, 0) is 44.3 Å². The van der Waals surface area contributed by atoms with Crippen molar-refractivity contribution in [1.29, 1.82) is 0 Å². The van der Waals surface area contributed by atoms with Crippen molar-refractivity contribution in [3.8, 4) is 0 Å². The van der Waals surface area contributed by atoms with E-state index < -0.39 is 10.0 Å². The molecule has 0 amide bonds. The summed E-state index contributed by atoms with van der Waals surface area (Å²) in [7, 11) is -1.55. The predicted octanol–water partition coefficient (Wildman–Crippen LogP) is 3.20. The summed E-state index contributed by atoms with van der Waals surface area (Å²) in [5.41, 5.74) is 2.41. The molecule has 1 aliphatic rings. The zero-order chi connectivity index (χ0) is 18.0. The van der Waals surface area contributed by atoms with Crippen LogP contribution in [-0.4, -0.2) is 46.5 Å². The lowest BCUT2D eigenvalue weighted by molar-refractivity contribution is 0.313. The van der Waals surface area contributed by atoms with Gasteiger partial charge in [0.15, 0.2) is 0 Å². The molecule has 134 valence electrons. The SMILES string of the molecule is Cc1ccc(S(=O)(=O)Nc2ccc(N3CCN(C)CC3)cc2Cl)cc1. The van der Waals surface area contributed by atoms with Crippen molar-refractivity contribution in [3.05, 3.63) is 53.1 Å². The Labute approximate surface area is 154 Å². The second-order valence-corrected chi connectivity index (χ2v) is 8.46. The van der Waals surface area contributed by atoms with E-state index in [1.165, 1.54) is 0 Å². The summed E-state index contributed by atoms with van der Waals surface area (Å²) in [4.78, 5) is 4.75. The van der Waals surface area contributed by atoms with Crippen molar-refractivity contribution < 1.29 is 8.42 Å². The molecule has 0 atom stereocenters. The number of nitrogens with one attached hydrogen (secondary N) is 1. The van der Waals surface area contributed by atoms with Gasteiger partial charge in [-0.3, -0.25) is 4.72 Å². The average molecular weight is 380 g/mol. The first-order chi connectivity index (χ1) is 11.8. The Morgan fingerprint density at radius 3 is 2.24 bits per heavy atom. The molecule has 5 nitrogen and oxygen atoms in total. The number of halogens is 1. The van der Waals surface area contributed by atoms with E-state index in [2.05, 4.69) is 21.6 Å². The minimum atomic E-state index is -3.65. The van der Waals surface area contributed by atoms with Gasteiger partial charge in [-0.1, -0.05) is 29.3 Å². The highest BCUT2D eigenvalue weighted by Crippen LogP contribution is 2.30. The first-order valence-electron chi connectivity index (χ1n) is 8.18. The molecule has 2 aromatic rings. The summed E-state index contributed by atoms with van der Waals surface area (Å²) in [6.07, 6.45) is 0. The lowest BCUT2D eigenvalue weighted by Crippen LogP contribution is -2.44. The summed E-state index contributed by atoms with van der Waals surface area (Å²) in [6.45, 7) is 5.78. The summed E-state index contributed by atoms with van der Waals surface area (Å²) < 4.78 is 27.6. The van der Waals surface area contributed by atoms with Crippen LogP contribution in [0.5, 0.6) is 0 Å². The first-order valence-corrected chi connectivity index (χ1v) is 10.0. The fourth-order valence-electron chi connectivity index (χ4n) is 2.77. The second-order valence-electron chi connectivity index (χ2n) is 6.37. The van der Waals surface area contributed by atoms with E-state index in [1.54, 1.807) is 30.3 Å². The molecule has 0 bridgehead atoms.